The van der Waals surface area contributed by atoms with E-state index in [1.807, 2.05) is 97.1 Å². The number of nitrogens with two attached hydrogens (primary N) is 4. The summed E-state index contributed by atoms with van der Waals surface area (Å²) in [4.78, 5) is 0. The fourth-order valence-electron chi connectivity index (χ4n) is 6.15. The van der Waals surface area contributed by atoms with E-state index >= 15 is 0 Å². The Kier molecular flexibility index (Phi) is 6.17. The van der Waals surface area contributed by atoms with Crippen molar-refractivity contribution in [2.75, 3.05) is 22.9 Å². The van der Waals surface area contributed by atoms with Gasteiger partial charge in [-0.2, -0.15) is 0 Å². The molecule has 6 nitrogen and oxygen atoms in total. The standard InChI is InChI=1S/C37H30N4O2/c38-25-11-19-29(20-12-25)42-27-15-7-23(8-16-27)37(24-9-17-28(18-10-24)43-30-21-13-26(39)14-22-30)31-3-1-5-33(40)35(31)36-32(37)4-2-6-34(36)41/h1-22H,38-41H2. The zero-order valence-corrected chi connectivity index (χ0v) is 23.3. The lowest BCUT2D eigenvalue weighted by atomic mass is 9.67. The Balaban J connectivity index is 1.38. The summed E-state index contributed by atoms with van der Waals surface area (Å²) in [5, 5.41) is 0. The van der Waals surface area contributed by atoms with Gasteiger partial charge < -0.3 is 32.4 Å². The third kappa shape index (κ3) is 4.37. The van der Waals surface area contributed by atoms with E-state index in [-0.39, 0.29) is 0 Å². The van der Waals surface area contributed by atoms with Crippen molar-refractivity contribution in [3.8, 4) is 34.1 Å². The maximum atomic E-state index is 6.66. The molecular formula is C37H30N4O2. The Labute approximate surface area is 250 Å². The van der Waals surface area contributed by atoms with Crippen LogP contribution in [0.15, 0.2) is 133 Å². The Hall–Kier alpha value is -5.88. The minimum absolute atomic E-state index is 0.685. The molecule has 0 radical (unpaired) electrons. The van der Waals surface area contributed by atoms with Gasteiger partial charge in [0.1, 0.15) is 23.0 Å². The first-order valence-electron chi connectivity index (χ1n) is 14.0. The van der Waals surface area contributed by atoms with Gasteiger partial charge in [-0.25, -0.2) is 0 Å². The first-order chi connectivity index (χ1) is 20.9. The van der Waals surface area contributed by atoms with Crippen LogP contribution in [0.4, 0.5) is 22.7 Å². The molecule has 0 saturated heterocycles. The molecule has 6 aromatic carbocycles. The van der Waals surface area contributed by atoms with Crippen molar-refractivity contribution in [3.63, 3.8) is 0 Å². The molecular weight excluding hydrogens is 532 g/mol. The van der Waals surface area contributed by atoms with E-state index in [1.54, 1.807) is 0 Å². The number of nitrogen functional groups attached to an aromatic ring is 4. The summed E-state index contributed by atoms with van der Waals surface area (Å²) in [5.74, 6) is 2.86. The Morgan fingerprint density at radius 3 is 1.05 bits per heavy atom. The zero-order chi connectivity index (χ0) is 29.6. The Morgan fingerprint density at radius 1 is 0.372 bits per heavy atom. The molecule has 6 heteroatoms. The van der Waals surface area contributed by atoms with Crippen LogP contribution in [0.5, 0.6) is 23.0 Å². The van der Waals surface area contributed by atoms with Crippen LogP contribution in [0.1, 0.15) is 22.3 Å². The topological polar surface area (TPSA) is 123 Å². The fraction of sp³-hybridized carbons (Fsp3) is 0.0270. The summed E-state index contributed by atoms with van der Waals surface area (Å²) in [6.45, 7) is 0. The van der Waals surface area contributed by atoms with E-state index in [2.05, 4.69) is 36.4 Å². The lowest BCUT2D eigenvalue weighted by Gasteiger charge is -2.34. The highest BCUT2D eigenvalue weighted by molar-refractivity contribution is 5.97. The van der Waals surface area contributed by atoms with Crippen molar-refractivity contribution in [2.45, 2.75) is 5.41 Å². The lowest BCUT2D eigenvalue weighted by Crippen LogP contribution is -2.28. The predicted octanol–water partition coefficient (Wildman–Crippen LogP) is 7.96. The van der Waals surface area contributed by atoms with Crippen molar-refractivity contribution in [2.24, 2.45) is 0 Å². The van der Waals surface area contributed by atoms with Crippen LogP contribution in [0.2, 0.25) is 0 Å². The van der Waals surface area contributed by atoms with Crippen LogP contribution in [0.25, 0.3) is 11.1 Å². The summed E-state index contributed by atoms with van der Waals surface area (Å²) in [6.07, 6.45) is 0. The second-order valence-electron chi connectivity index (χ2n) is 10.7. The van der Waals surface area contributed by atoms with Gasteiger partial charge in [-0.3, -0.25) is 0 Å². The van der Waals surface area contributed by atoms with Crippen LogP contribution in [-0.2, 0) is 5.41 Å². The third-order valence-corrected chi connectivity index (χ3v) is 8.06. The zero-order valence-electron chi connectivity index (χ0n) is 23.3. The summed E-state index contributed by atoms with van der Waals surface area (Å²) in [7, 11) is 0. The van der Waals surface area contributed by atoms with Gasteiger partial charge in [-0.15, -0.1) is 0 Å². The smallest absolute Gasteiger partial charge is 0.127 e. The highest BCUT2D eigenvalue weighted by atomic mass is 16.5. The molecule has 0 atom stereocenters. The monoisotopic (exact) mass is 562 g/mol. The molecule has 6 aromatic rings. The highest BCUT2D eigenvalue weighted by Gasteiger charge is 2.47. The lowest BCUT2D eigenvalue weighted by molar-refractivity contribution is 0.482. The molecule has 8 N–H and O–H groups in total. The largest absolute Gasteiger partial charge is 0.457 e. The predicted molar refractivity (Wildman–Crippen MR) is 174 cm³/mol. The highest BCUT2D eigenvalue weighted by Crippen LogP contribution is 2.59. The van der Waals surface area contributed by atoms with Crippen molar-refractivity contribution < 1.29 is 9.47 Å². The first-order valence-corrected chi connectivity index (χ1v) is 14.0. The van der Waals surface area contributed by atoms with Crippen LogP contribution < -0.4 is 32.4 Å². The molecule has 1 aliphatic rings. The number of fused-ring (bicyclic) bond motifs is 3. The van der Waals surface area contributed by atoms with Crippen LogP contribution in [-0.4, -0.2) is 0 Å². The van der Waals surface area contributed by atoms with Gasteiger partial charge in [-0.05, 0) is 107 Å². The second kappa shape index (κ2) is 10.2. The fourth-order valence-corrected chi connectivity index (χ4v) is 6.15. The molecule has 0 aromatic heterocycles. The molecule has 210 valence electrons. The summed E-state index contributed by atoms with van der Waals surface area (Å²) in [5.41, 5.74) is 33.2. The van der Waals surface area contributed by atoms with E-state index in [1.165, 1.54) is 0 Å². The third-order valence-electron chi connectivity index (χ3n) is 8.06. The van der Waals surface area contributed by atoms with Gasteiger partial charge in [0.2, 0.25) is 0 Å². The molecule has 0 heterocycles. The number of hydrogen-bond donors (Lipinski definition) is 4. The average Bonchev–Trinajstić information content (AvgIpc) is 3.34. The summed E-state index contributed by atoms with van der Waals surface area (Å²) >= 11 is 0. The van der Waals surface area contributed by atoms with E-state index in [9.17, 15) is 0 Å². The van der Waals surface area contributed by atoms with Gasteiger partial charge in [0, 0.05) is 33.9 Å². The van der Waals surface area contributed by atoms with Gasteiger partial charge in [0.15, 0.2) is 0 Å². The van der Waals surface area contributed by atoms with E-state index in [0.717, 1.165) is 44.9 Å². The average molecular weight is 563 g/mol. The van der Waals surface area contributed by atoms with Gasteiger partial charge in [0.25, 0.3) is 0 Å². The number of benzene rings is 6. The molecule has 7 rings (SSSR count). The van der Waals surface area contributed by atoms with Gasteiger partial charge >= 0.3 is 0 Å². The van der Waals surface area contributed by atoms with Crippen molar-refractivity contribution >= 4 is 22.7 Å². The maximum Gasteiger partial charge on any atom is 0.127 e. The molecule has 1 aliphatic carbocycles. The van der Waals surface area contributed by atoms with Crippen LogP contribution in [0, 0.1) is 0 Å². The number of hydrogen-bond acceptors (Lipinski definition) is 6. The second-order valence-corrected chi connectivity index (χ2v) is 10.7. The molecule has 0 bridgehead atoms. The molecule has 43 heavy (non-hydrogen) atoms. The number of anilines is 4. The van der Waals surface area contributed by atoms with E-state index in [4.69, 9.17) is 32.4 Å². The van der Waals surface area contributed by atoms with Gasteiger partial charge in [0.05, 0.1) is 5.41 Å². The van der Waals surface area contributed by atoms with Crippen molar-refractivity contribution in [1.29, 1.82) is 0 Å². The first kappa shape index (κ1) is 26.0. The van der Waals surface area contributed by atoms with Crippen LogP contribution in [0.3, 0.4) is 0 Å². The molecule has 0 spiro atoms. The number of ether oxygens (including phenoxy) is 2. The molecule has 0 amide bonds. The molecule has 0 fully saturated rings. The Morgan fingerprint density at radius 2 is 0.698 bits per heavy atom. The number of rotatable bonds is 6. The maximum absolute atomic E-state index is 6.66. The van der Waals surface area contributed by atoms with Crippen molar-refractivity contribution in [3.05, 3.63) is 156 Å². The SMILES string of the molecule is Nc1ccc(Oc2ccc(C3(c4ccc(Oc5ccc(N)cc5)cc4)c4cccc(N)c4-c4c(N)cccc43)cc2)cc1. The van der Waals surface area contributed by atoms with E-state index < -0.39 is 5.41 Å². The van der Waals surface area contributed by atoms with E-state index in [0.29, 0.717) is 34.2 Å². The minimum atomic E-state index is -0.686. The molecule has 0 aliphatic heterocycles. The Bertz CT molecular complexity index is 1790. The molecule has 0 unspecified atom stereocenters. The van der Waals surface area contributed by atoms with Crippen molar-refractivity contribution in [1.82, 2.24) is 0 Å². The quantitative estimate of drug-likeness (QED) is 0.153. The van der Waals surface area contributed by atoms with Gasteiger partial charge in [-0.1, -0.05) is 48.5 Å². The minimum Gasteiger partial charge on any atom is -0.457 e. The van der Waals surface area contributed by atoms with Crippen LogP contribution >= 0.6 is 0 Å². The molecule has 0 saturated carbocycles. The summed E-state index contributed by atoms with van der Waals surface area (Å²) < 4.78 is 12.3. The summed E-state index contributed by atoms with van der Waals surface area (Å²) in [6, 6.07) is 43.2. The normalized spacial score (nSPS) is 12.7.